The summed E-state index contributed by atoms with van der Waals surface area (Å²) >= 11 is 0. The lowest BCUT2D eigenvalue weighted by Gasteiger charge is -2.30. The van der Waals surface area contributed by atoms with E-state index in [1.807, 2.05) is 4.90 Å². The number of rotatable bonds is 4. The number of hydrogen-bond acceptors (Lipinski definition) is 4. The maximum atomic E-state index is 12.7. The highest BCUT2D eigenvalue weighted by molar-refractivity contribution is 5.89. The molecule has 2 saturated heterocycles. The SMILES string of the molecule is O=C(NCC1COCCO1)C1CCCN1C(=O)C1CCCCC1. The standard InChI is InChI=1S/C17H28N2O4/c20-16(18-11-14-12-22-9-10-23-14)15-7-4-8-19(15)17(21)13-5-2-1-3-6-13/h13-15H,1-12H2,(H,18,20). The molecule has 0 aromatic rings. The topological polar surface area (TPSA) is 67.9 Å². The molecule has 0 aromatic carbocycles. The molecule has 2 unspecified atom stereocenters. The molecule has 130 valence electrons. The maximum Gasteiger partial charge on any atom is 0.242 e. The Bertz CT molecular complexity index is 417. The van der Waals surface area contributed by atoms with Gasteiger partial charge in [0.25, 0.3) is 0 Å². The molecule has 0 aromatic heterocycles. The van der Waals surface area contributed by atoms with Gasteiger partial charge in [-0.15, -0.1) is 0 Å². The van der Waals surface area contributed by atoms with E-state index >= 15 is 0 Å². The zero-order chi connectivity index (χ0) is 16.1. The zero-order valence-electron chi connectivity index (χ0n) is 13.8. The van der Waals surface area contributed by atoms with E-state index in [2.05, 4.69) is 5.32 Å². The van der Waals surface area contributed by atoms with Crippen LogP contribution in [0.15, 0.2) is 0 Å². The molecule has 3 fully saturated rings. The molecule has 2 heterocycles. The van der Waals surface area contributed by atoms with Crippen LogP contribution in [0.3, 0.4) is 0 Å². The first-order valence-corrected chi connectivity index (χ1v) is 9.03. The Morgan fingerprint density at radius 2 is 1.87 bits per heavy atom. The molecular weight excluding hydrogens is 296 g/mol. The minimum Gasteiger partial charge on any atom is -0.376 e. The molecule has 0 spiro atoms. The van der Waals surface area contributed by atoms with Crippen LogP contribution in [0.25, 0.3) is 0 Å². The highest BCUT2D eigenvalue weighted by atomic mass is 16.6. The third-order valence-corrected chi connectivity index (χ3v) is 5.18. The van der Waals surface area contributed by atoms with Crippen LogP contribution in [0.2, 0.25) is 0 Å². The van der Waals surface area contributed by atoms with Crippen molar-refractivity contribution in [3.05, 3.63) is 0 Å². The van der Waals surface area contributed by atoms with Crippen LogP contribution in [0.1, 0.15) is 44.9 Å². The summed E-state index contributed by atoms with van der Waals surface area (Å²) in [5.74, 6) is 0.285. The molecular formula is C17H28N2O4. The van der Waals surface area contributed by atoms with Crippen molar-refractivity contribution in [1.29, 1.82) is 0 Å². The number of ether oxygens (including phenoxy) is 2. The van der Waals surface area contributed by atoms with E-state index in [9.17, 15) is 9.59 Å². The van der Waals surface area contributed by atoms with E-state index in [0.29, 0.717) is 26.4 Å². The predicted molar refractivity (Wildman–Crippen MR) is 84.9 cm³/mol. The second kappa shape index (κ2) is 8.11. The van der Waals surface area contributed by atoms with Crippen molar-refractivity contribution in [1.82, 2.24) is 10.2 Å². The van der Waals surface area contributed by atoms with Crippen LogP contribution >= 0.6 is 0 Å². The lowest BCUT2D eigenvalue weighted by Crippen LogP contribution is -2.50. The van der Waals surface area contributed by atoms with E-state index in [4.69, 9.17) is 9.47 Å². The van der Waals surface area contributed by atoms with Crippen LogP contribution in [-0.4, -0.2) is 61.8 Å². The first kappa shape index (κ1) is 16.7. The van der Waals surface area contributed by atoms with Gasteiger partial charge in [0.1, 0.15) is 6.04 Å². The average molecular weight is 324 g/mol. The molecule has 2 amide bonds. The molecule has 23 heavy (non-hydrogen) atoms. The summed E-state index contributed by atoms with van der Waals surface area (Å²) in [6, 6.07) is -0.297. The minimum absolute atomic E-state index is 0.0409. The number of amides is 2. The number of nitrogens with one attached hydrogen (secondary N) is 1. The number of carbonyl (C=O) groups is 2. The Balaban J connectivity index is 1.50. The molecule has 2 atom stereocenters. The Hall–Kier alpha value is -1.14. The molecule has 1 saturated carbocycles. The molecule has 6 nitrogen and oxygen atoms in total. The van der Waals surface area contributed by atoms with E-state index in [-0.39, 0.29) is 29.9 Å². The van der Waals surface area contributed by atoms with Crippen LogP contribution in [0.4, 0.5) is 0 Å². The quantitative estimate of drug-likeness (QED) is 0.840. The number of hydrogen-bond donors (Lipinski definition) is 1. The van der Waals surface area contributed by atoms with Gasteiger partial charge < -0.3 is 19.7 Å². The summed E-state index contributed by atoms with van der Waals surface area (Å²) in [6.07, 6.45) is 7.09. The fourth-order valence-corrected chi connectivity index (χ4v) is 3.87. The van der Waals surface area contributed by atoms with Crippen molar-refractivity contribution in [2.45, 2.75) is 57.1 Å². The largest absolute Gasteiger partial charge is 0.376 e. The fraction of sp³-hybridized carbons (Fsp3) is 0.882. The molecule has 0 bridgehead atoms. The lowest BCUT2D eigenvalue weighted by molar-refractivity contribution is -0.143. The molecule has 6 heteroatoms. The van der Waals surface area contributed by atoms with Crippen LogP contribution in [0.5, 0.6) is 0 Å². The van der Waals surface area contributed by atoms with Crippen molar-refractivity contribution in [3.8, 4) is 0 Å². The lowest BCUT2D eigenvalue weighted by atomic mass is 9.88. The Labute approximate surface area is 137 Å². The molecule has 3 rings (SSSR count). The highest BCUT2D eigenvalue weighted by Gasteiger charge is 2.37. The Morgan fingerprint density at radius 1 is 1.04 bits per heavy atom. The highest BCUT2D eigenvalue weighted by Crippen LogP contribution is 2.28. The minimum atomic E-state index is -0.297. The summed E-state index contributed by atoms with van der Waals surface area (Å²) in [5.41, 5.74) is 0. The van der Waals surface area contributed by atoms with Gasteiger partial charge in [0.05, 0.1) is 25.9 Å². The van der Waals surface area contributed by atoms with Crippen molar-refractivity contribution < 1.29 is 19.1 Å². The van der Waals surface area contributed by atoms with Crippen LogP contribution in [-0.2, 0) is 19.1 Å². The molecule has 2 aliphatic heterocycles. The van der Waals surface area contributed by atoms with E-state index in [0.717, 1.165) is 45.1 Å². The summed E-state index contributed by atoms with van der Waals surface area (Å²) in [6.45, 7) is 2.90. The van der Waals surface area contributed by atoms with Crippen molar-refractivity contribution >= 4 is 11.8 Å². The van der Waals surface area contributed by atoms with Gasteiger partial charge in [-0.05, 0) is 25.7 Å². The number of carbonyl (C=O) groups excluding carboxylic acids is 2. The summed E-state index contributed by atoms with van der Waals surface area (Å²) in [7, 11) is 0. The average Bonchev–Trinajstić information content (AvgIpc) is 3.10. The first-order chi connectivity index (χ1) is 11.3. The fourth-order valence-electron chi connectivity index (χ4n) is 3.87. The maximum absolute atomic E-state index is 12.7. The van der Waals surface area contributed by atoms with Gasteiger partial charge in [0, 0.05) is 19.0 Å². The van der Waals surface area contributed by atoms with Crippen molar-refractivity contribution in [2.75, 3.05) is 32.9 Å². The predicted octanol–water partition coefficient (Wildman–Crippen LogP) is 1.09. The second-order valence-corrected chi connectivity index (χ2v) is 6.84. The van der Waals surface area contributed by atoms with E-state index < -0.39 is 0 Å². The van der Waals surface area contributed by atoms with E-state index in [1.165, 1.54) is 6.42 Å². The first-order valence-electron chi connectivity index (χ1n) is 9.03. The van der Waals surface area contributed by atoms with Crippen molar-refractivity contribution in [2.24, 2.45) is 5.92 Å². The molecule has 0 radical (unpaired) electrons. The Morgan fingerprint density at radius 3 is 2.61 bits per heavy atom. The third-order valence-electron chi connectivity index (χ3n) is 5.18. The van der Waals surface area contributed by atoms with Crippen LogP contribution in [0, 0.1) is 5.92 Å². The molecule has 1 aliphatic carbocycles. The van der Waals surface area contributed by atoms with Crippen molar-refractivity contribution in [3.63, 3.8) is 0 Å². The Kier molecular flexibility index (Phi) is 5.89. The second-order valence-electron chi connectivity index (χ2n) is 6.84. The zero-order valence-corrected chi connectivity index (χ0v) is 13.8. The normalized spacial score (nSPS) is 29.5. The summed E-state index contributed by atoms with van der Waals surface area (Å²) in [4.78, 5) is 27.0. The van der Waals surface area contributed by atoms with Gasteiger partial charge in [0.15, 0.2) is 0 Å². The van der Waals surface area contributed by atoms with E-state index in [1.54, 1.807) is 0 Å². The number of nitrogens with zero attached hydrogens (tertiary/aromatic N) is 1. The van der Waals surface area contributed by atoms with Gasteiger partial charge in [0.2, 0.25) is 11.8 Å². The van der Waals surface area contributed by atoms with Gasteiger partial charge >= 0.3 is 0 Å². The summed E-state index contributed by atoms with van der Waals surface area (Å²) < 4.78 is 10.9. The number of likely N-dealkylation sites (tertiary alicyclic amines) is 1. The third kappa shape index (κ3) is 4.23. The smallest absolute Gasteiger partial charge is 0.242 e. The van der Waals surface area contributed by atoms with Gasteiger partial charge in [-0.1, -0.05) is 19.3 Å². The monoisotopic (exact) mass is 324 g/mol. The van der Waals surface area contributed by atoms with Gasteiger partial charge in [-0.25, -0.2) is 0 Å². The van der Waals surface area contributed by atoms with Gasteiger partial charge in [-0.2, -0.15) is 0 Å². The van der Waals surface area contributed by atoms with Gasteiger partial charge in [-0.3, -0.25) is 9.59 Å². The summed E-state index contributed by atoms with van der Waals surface area (Å²) in [5, 5.41) is 2.94. The molecule has 3 aliphatic rings. The molecule has 1 N–H and O–H groups in total. The van der Waals surface area contributed by atoms with Crippen LogP contribution < -0.4 is 5.32 Å².